The lowest BCUT2D eigenvalue weighted by molar-refractivity contribution is -0.149. The van der Waals surface area contributed by atoms with Crippen molar-refractivity contribution in [3.8, 4) is 0 Å². The molecule has 1 fully saturated rings. The molecule has 1 heterocycles. The summed E-state index contributed by atoms with van der Waals surface area (Å²) in [5.41, 5.74) is 0. The molecule has 2 rings (SSSR count). The number of thiophene rings is 1. The van der Waals surface area contributed by atoms with Crippen molar-refractivity contribution in [1.29, 1.82) is 0 Å². The van der Waals surface area contributed by atoms with Crippen LogP contribution in [0.3, 0.4) is 0 Å². The summed E-state index contributed by atoms with van der Waals surface area (Å²) in [5.74, 6) is -1.87. The highest BCUT2D eigenvalue weighted by Gasteiger charge is 2.36. The molecule has 0 aliphatic heterocycles. The zero-order valence-corrected chi connectivity index (χ0v) is 11.8. The zero-order chi connectivity index (χ0) is 13.8. The number of nitrogens with one attached hydrogen (secondary N) is 1. The maximum atomic E-state index is 12.2. The second kappa shape index (κ2) is 6.19. The fourth-order valence-electron chi connectivity index (χ4n) is 2.67. The van der Waals surface area contributed by atoms with Gasteiger partial charge in [0.25, 0.3) is 0 Å². The predicted molar refractivity (Wildman–Crippen MR) is 74.0 cm³/mol. The van der Waals surface area contributed by atoms with E-state index in [2.05, 4.69) is 5.32 Å². The first-order valence-electron chi connectivity index (χ1n) is 6.66. The Kier molecular flexibility index (Phi) is 4.58. The second-order valence-electron chi connectivity index (χ2n) is 5.08. The van der Waals surface area contributed by atoms with Gasteiger partial charge < -0.3 is 10.4 Å². The monoisotopic (exact) mass is 281 g/mol. The van der Waals surface area contributed by atoms with Crippen molar-refractivity contribution < 1.29 is 14.7 Å². The number of aliphatic carboxylic acids is 1. The van der Waals surface area contributed by atoms with Crippen LogP contribution in [0.4, 0.5) is 0 Å². The molecular weight excluding hydrogens is 262 g/mol. The number of carbonyl (C=O) groups is 2. The van der Waals surface area contributed by atoms with Crippen molar-refractivity contribution in [2.24, 2.45) is 11.8 Å². The van der Waals surface area contributed by atoms with E-state index < -0.39 is 11.9 Å². The maximum Gasteiger partial charge on any atom is 0.307 e. The summed E-state index contributed by atoms with van der Waals surface area (Å²) in [5, 5.41) is 14.1. The molecule has 1 saturated carbocycles. The molecule has 0 saturated heterocycles. The Balaban J connectivity index is 2.00. The van der Waals surface area contributed by atoms with Gasteiger partial charge in [0.15, 0.2) is 0 Å². The Hall–Kier alpha value is -1.36. The SMILES string of the molecule is C[C@@H](NC(=O)C1CCCCC1C(=O)O)c1cccs1. The summed E-state index contributed by atoms with van der Waals surface area (Å²) >= 11 is 1.60. The number of carboxylic acids is 1. The number of carbonyl (C=O) groups excluding carboxylic acids is 1. The van der Waals surface area contributed by atoms with E-state index in [1.165, 1.54) is 0 Å². The number of rotatable bonds is 4. The Bertz CT molecular complexity index is 444. The topological polar surface area (TPSA) is 66.4 Å². The number of amides is 1. The molecule has 1 amide bonds. The van der Waals surface area contributed by atoms with Crippen molar-refractivity contribution in [1.82, 2.24) is 5.32 Å². The van der Waals surface area contributed by atoms with E-state index in [1.54, 1.807) is 11.3 Å². The third-order valence-corrected chi connectivity index (χ3v) is 4.80. The van der Waals surface area contributed by atoms with Crippen molar-refractivity contribution in [3.05, 3.63) is 22.4 Å². The molecule has 1 aliphatic rings. The molecule has 104 valence electrons. The van der Waals surface area contributed by atoms with E-state index in [1.807, 2.05) is 24.4 Å². The fraction of sp³-hybridized carbons (Fsp3) is 0.571. The normalized spacial score (nSPS) is 24.7. The highest BCUT2D eigenvalue weighted by molar-refractivity contribution is 7.10. The van der Waals surface area contributed by atoms with E-state index in [-0.39, 0.29) is 17.9 Å². The van der Waals surface area contributed by atoms with Crippen LogP contribution in [0.2, 0.25) is 0 Å². The predicted octanol–water partition coefficient (Wildman–Crippen LogP) is 2.82. The molecule has 2 unspecified atom stereocenters. The lowest BCUT2D eigenvalue weighted by Gasteiger charge is -2.28. The van der Waals surface area contributed by atoms with Crippen LogP contribution in [0, 0.1) is 11.8 Å². The fourth-order valence-corrected chi connectivity index (χ4v) is 3.40. The van der Waals surface area contributed by atoms with Crippen molar-refractivity contribution in [2.75, 3.05) is 0 Å². The maximum absolute atomic E-state index is 12.2. The number of hydrogen-bond acceptors (Lipinski definition) is 3. The minimum Gasteiger partial charge on any atom is -0.481 e. The van der Waals surface area contributed by atoms with Gasteiger partial charge in [0.2, 0.25) is 5.91 Å². The largest absolute Gasteiger partial charge is 0.481 e. The Morgan fingerprint density at radius 3 is 2.63 bits per heavy atom. The van der Waals surface area contributed by atoms with Crippen LogP contribution in [0.1, 0.15) is 43.5 Å². The van der Waals surface area contributed by atoms with Crippen LogP contribution >= 0.6 is 11.3 Å². The summed E-state index contributed by atoms with van der Waals surface area (Å²) in [6.07, 6.45) is 3.14. The Morgan fingerprint density at radius 1 is 1.37 bits per heavy atom. The van der Waals surface area contributed by atoms with Crippen LogP contribution in [0.5, 0.6) is 0 Å². The minimum absolute atomic E-state index is 0.0520. The van der Waals surface area contributed by atoms with E-state index in [9.17, 15) is 14.7 Å². The smallest absolute Gasteiger partial charge is 0.307 e. The van der Waals surface area contributed by atoms with Crippen LogP contribution in [0.25, 0.3) is 0 Å². The minimum atomic E-state index is -0.844. The summed E-state index contributed by atoms with van der Waals surface area (Å²) in [4.78, 5) is 24.5. The average molecular weight is 281 g/mol. The first-order valence-corrected chi connectivity index (χ1v) is 7.54. The van der Waals surface area contributed by atoms with Gasteiger partial charge in [-0.1, -0.05) is 18.9 Å². The van der Waals surface area contributed by atoms with Crippen molar-refractivity contribution in [3.63, 3.8) is 0 Å². The molecule has 2 N–H and O–H groups in total. The number of hydrogen-bond donors (Lipinski definition) is 2. The summed E-state index contributed by atoms with van der Waals surface area (Å²) in [6.45, 7) is 1.93. The molecule has 3 atom stereocenters. The highest BCUT2D eigenvalue weighted by Crippen LogP contribution is 2.31. The molecule has 1 aromatic rings. The molecule has 5 heteroatoms. The highest BCUT2D eigenvalue weighted by atomic mass is 32.1. The third-order valence-electron chi connectivity index (χ3n) is 3.75. The lowest BCUT2D eigenvalue weighted by atomic mass is 9.78. The van der Waals surface area contributed by atoms with Gasteiger partial charge in [0.05, 0.1) is 17.9 Å². The van der Waals surface area contributed by atoms with Gasteiger partial charge in [-0.2, -0.15) is 0 Å². The second-order valence-corrected chi connectivity index (χ2v) is 6.06. The average Bonchev–Trinajstić information content (AvgIpc) is 2.92. The van der Waals surface area contributed by atoms with Crippen molar-refractivity contribution >= 4 is 23.2 Å². The lowest BCUT2D eigenvalue weighted by Crippen LogP contribution is -2.40. The summed E-state index contributed by atoms with van der Waals surface area (Å²) < 4.78 is 0. The molecule has 0 spiro atoms. The standard InChI is InChI=1S/C14H19NO3S/c1-9(12-7-4-8-19-12)15-13(16)10-5-2-3-6-11(10)14(17)18/h4,7-11H,2-3,5-6H2,1H3,(H,15,16)(H,17,18)/t9-,10?,11?/m1/s1. The van der Waals surface area contributed by atoms with Crippen LogP contribution in [-0.2, 0) is 9.59 Å². The van der Waals surface area contributed by atoms with Gasteiger partial charge in [0.1, 0.15) is 0 Å². The first kappa shape index (κ1) is 14.1. The summed E-state index contributed by atoms with van der Waals surface area (Å²) in [6, 6.07) is 3.87. The van der Waals surface area contributed by atoms with Gasteiger partial charge in [-0.15, -0.1) is 11.3 Å². The molecule has 4 nitrogen and oxygen atoms in total. The molecule has 0 radical (unpaired) electrons. The molecule has 0 bridgehead atoms. The molecule has 1 aliphatic carbocycles. The molecular formula is C14H19NO3S. The van der Waals surface area contributed by atoms with E-state index in [0.717, 1.165) is 17.7 Å². The Morgan fingerprint density at radius 2 is 2.05 bits per heavy atom. The molecule has 1 aromatic heterocycles. The number of carboxylic acid groups (broad SMARTS) is 1. The van der Waals surface area contributed by atoms with Crippen LogP contribution < -0.4 is 5.32 Å². The molecule has 19 heavy (non-hydrogen) atoms. The quantitative estimate of drug-likeness (QED) is 0.891. The first-order chi connectivity index (χ1) is 9.09. The van der Waals surface area contributed by atoms with Gasteiger partial charge in [-0.3, -0.25) is 9.59 Å². The van der Waals surface area contributed by atoms with Crippen LogP contribution in [0.15, 0.2) is 17.5 Å². The zero-order valence-electron chi connectivity index (χ0n) is 11.0. The third kappa shape index (κ3) is 3.35. The van der Waals surface area contributed by atoms with Crippen molar-refractivity contribution in [2.45, 2.75) is 38.6 Å². The van der Waals surface area contributed by atoms with Gasteiger partial charge in [-0.25, -0.2) is 0 Å². The molecule has 0 aromatic carbocycles. The van der Waals surface area contributed by atoms with Gasteiger partial charge >= 0.3 is 5.97 Å². The van der Waals surface area contributed by atoms with Gasteiger partial charge in [0, 0.05) is 4.88 Å². The van der Waals surface area contributed by atoms with Crippen LogP contribution in [-0.4, -0.2) is 17.0 Å². The Labute approximate surface area is 116 Å². The summed E-state index contributed by atoms with van der Waals surface area (Å²) in [7, 11) is 0. The van der Waals surface area contributed by atoms with E-state index >= 15 is 0 Å². The van der Waals surface area contributed by atoms with E-state index in [0.29, 0.717) is 12.8 Å². The van der Waals surface area contributed by atoms with Gasteiger partial charge in [-0.05, 0) is 31.2 Å². The van der Waals surface area contributed by atoms with E-state index in [4.69, 9.17) is 0 Å².